The summed E-state index contributed by atoms with van der Waals surface area (Å²) in [6.45, 7) is 3.73. The highest BCUT2D eigenvalue weighted by Crippen LogP contribution is 2.16. The Morgan fingerprint density at radius 3 is 2.84 bits per heavy atom. The Morgan fingerprint density at radius 1 is 1.42 bits per heavy atom. The van der Waals surface area contributed by atoms with Crippen LogP contribution in [0.1, 0.15) is 25.3 Å². The monoisotopic (exact) mass is 284 g/mol. The molecule has 0 saturated carbocycles. The summed E-state index contributed by atoms with van der Waals surface area (Å²) in [7, 11) is 0. The third-order valence-corrected chi connectivity index (χ3v) is 2.53. The van der Waals surface area contributed by atoms with Gasteiger partial charge in [0, 0.05) is 6.54 Å². The number of hydrogen-bond acceptors (Lipinski definition) is 4. The Labute approximate surface area is 120 Å². The van der Waals surface area contributed by atoms with Gasteiger partial charge in [0.1, 0.15) is 24.5 Å². The highest BCUT2D eigenvalue weighted by molar-refractivity contribution is 5.85. The van der Waals surface area contributed by atoms with Crippen LogP contribution in [0.3, 0.4) is 0 Å². The van der Waals surface area contributed by atoms with Gasteiger partial charge in [0.25, 0.3) is 0 Å². The summed E-state index contributed by atoms with van der Waals surface area (Å²) >= 11 is 0. The van der Waals surface area contributed by atoms with Crippen molar-refractivity contribution in [2.45, 2.75) is 25.9 Å². The number of aliphatic hydroxyl groups is 1. The summed E-state index contributed by atoms with van der Waals surface area (Å²) in [5.74, 6) is 0.521. The van der Waals surface area contributed by atoms with Gasteiger partial charge in [-0.15, -0.1) is 12.4 Å². The van der Waals surface area contributed by atoms with Crippen molar-refractivity contribution in [2.24, 2.45) is 0 Å². The first-order valence-electron chi connectivity index (χ1n) is 6.28. The van der Waals surface area contributed by atoms with E-state index in [9.17, 15) is 5.11 Å². The number of nitrogens with one attached hydrogen (secondary N) is 1. The third kappa shape index (κ3) is 7.02. The van der Waals surface area contributed by atoms with E-state index in [-0.39, 0.29) is 19.0 Å². The van der Waals surface area contributed by atoms with Gasteiger partial charge < -0.3 is 15.2 Å². The fourth-order valence-electron chi connectivity index (χ4n) is 1.50. The molecule has 0 bridgehead atoms. The number of aliphatic hydroxyl groups excluding tert-OH is 1. The van der Waals surface area contributed by atoms with Crippen LogP contribution in [0.2, 0.25) is 0 Å². The molecule has 0 aromatic heterocycles. The predicted octanol–water partition coefficient (Wildman–Crippen LogP) is 2.11. The van der Waals surface area contributed by atoms with Crippen LogP contribution in [-0.2, 0) is 0 Å². The fourth-order valence-corrected chi connectivity index (χ4v) is 1.50. The van der Waals surface area contributed by atoms with Crippen LogP contribution in [0.15, 0.2) is 24.3 Å². The van der Waals surface area contributed by atoms with Crippen molar-refractivity contribution in [1.29, 1.82) is 5.26 Å². The largest absolute Gasteiger partial charge is 0.489 e. The van der Waals surface area contributed by atoms with Gasteiger partial charge >= 0.3 is 0 Å². The summed E-state index contributed by atoms with van der Waals surface area (Å²) < 4.78 is 5.43. The van der Waals surface area contributed by atoms with E-state index in [1.165, 1.54) is 0 Å². The Hall–Kier alpha value is -1.28. The van der Waals surface area contributed by atoms with E-state index in [2.05, 4.69) is 18.3 Å². The van der Waals surface area contributed by atoms with Gasteiger partial charge in [-0.1, -0.05) is 25.5 Å². The smallest absolute Gasteiger partial charge is 0.137 e. The van der Waals surface area contributed by atoms with E-state index in [0.717, 1.165) is 19.4 Å². The molecular formula is C14H21ClN2O2. The second kappa shape index (κ2) is 10.6. The molecule has 0 heterocycles. The average molecular weight is 285 g/mol. The van der Waals surface area contributed by atoms with Crippen molar-refractivity contribution in [3.05, 3.63) is 29.8 Å². The van der Waals surface area contributed by atoms with E-state index in [1.54, 1.807) is 18.2 Å². The minimum Gasteiger partial charge on any atom is -0.489 e. The third-order valence-electron chi connectivity index (χ3n) is 2.53. The van der Waals surface area contributed by atoms with Gasteiger partial charge in [0.2, 0.25) is 0 Å². The SMILES string of the molecule is CCCCNCC(O)COc1ccccc1C#N.Cl. The lowest BCUT2D eigenvalue weighted by molar-refractivity contribution is 0.106. The maximum atomic E-state index is 9.70. The van der Waals surface area contributed by atoms with Crippen LogP contribution in [0.25, 0.3) is 0 Å². The molecule has 1 atom stereocenters. The number of para-hydroxylation sites is 1. The summed E-state index contributed by atoms with van der Waals surface area (Å²) in [5.41, 5.74) is 0.489. The van der Waals surface area contributed by atoms with Crippen molar-refractivity contribution >= 4 is 12.4 Å². The van der Waals surface area contributed by atoms with E-state index in [4.69, 9.17) is 10.00 Å². The topological polar surface area (TPSA) is 65.3 Å². The number of nitriles is 1. The molecule has 4 nitrogen and oxygen atoms in total. The number of hydrogen-bond donors (Lipinski definition) is 2. The number of ether oxygens (including phenoxy) is 1. The highest BCUT2D eigenvalue weighted by atomic mass is 35.5. The lowest BCUT2D eigenvalue weighted by Gasteiger charge is -2.13. The van der Waals surface area contributed by atoms with Gasteiger partial charge in [0.15, 0.2) is 0 Å². The summed E-state index contributed by atoms with van der Waals surface area (Å²) in [4.78, 5) is 0. The van der Waals surface area contributed by atoms with Crippen molar-refractivity contribution in [2.75, 3.05) is 19.7 Å². The molecule has 1 rings (SSSR count). The van der Waals surface area contributed by atoms with Gasteiger partial charge in [-0.2, -0.15) is 5.26 Å². The number of nitrogens with zero attached hydrogens (tertiary/aromatic N) is 1. The molecule has 0 radical (unpaired) electrons. The first-order chi connectivity index (χ1) is 8.77. The molecule has 2 N–H and O–H groups in total. The fraction of sp³-hybridized carbons (Fsp3) is 0.500. The van der Waals surface area contributed by atoms with Crippen LogP contribution in [0, 0.1) is 11.3 Å². The van der Waals surface area contributed by atoms with Crippen molar-refractivity contribution in [3.63, 3.8) is 0 Å². The van der Waals surface area contributed by atoms with Crippen LogP contribution in [-0.4, -0.2) is 30.9 Å². The molecule has 0 spiro atoms. The summed E-state index contributed by atoms with van der Waals surface area (Å²) in [6.07, 6.45) is 1.67. The number of halogens is 1. The Kier molecular flexibility index (Phi) is 9.91. The Morgan fingerprint density at radius 2 is 2.16 bits per heavy atom. The van der Waals surface area contributed by atoms with Crippen LogP contribution < -0.4 is 10.1 Å². The number of benzene rings is 1. The molecule has 1 aromatic rings. The molecule has 5 heteroatoms. The Balaban J connectivity index is 0.00000324. The van der Waals surface area contributed by atoms with E-state index >= 15 is 0 Å². The van der Waals surface area contributed by atoms with Crippen LogP contribution in [0.4, 0.5) is 0 Å². The van der Waals surface area contributed by atoms with Crippen molar-refractivity contribution < 1.29 is 9.84 Å². The van der Waals surface area contributed by atoms with Gasteiger partial charge in [-0.25, -0.2) is 0 Å². The van der Waals surface area contributed by atoms with Gasteiger partial charge in [-0.05, 0) is 25.1 Å². The molecule has 0 aliphatic heterocycles. The van der Waals surface area contributed by atoms with Gasteiger partial charge in [-0.3, -0.25) is 0 Å². The quantitative estimate of drug-likeness (QED) is 0.718. The molecule has 106 valence electrons. The minimum atomic E-state index is -0.561. The molecule has 0 amide bonds. The van der Waals surface area contributed by atoms with Crippen LogP contribution >= 0.6 is 12.4 Å². The Bertz CT molecular complexity index is 393. The zero-order valence-electron chi connectivity index (χ0n) is 11.1. The minimum absolute atomic E-state index is 0. The highest BCUT2D eigenvalue weighted by Gasteiger charge is 2.07. The molecule has 1 aromatic carbocycles. The first kappa shape index (κ1) is 17.7. The van der Waals surface area contributed by atoms with E-state index in [1.807, 2.05) is 6.07 Å². The van der Waals surface area contributed by atoms with E-state index in [0.29, 0.717) is 17.9 Å². The molecule has 19 heavy (non-hydrogen) atoms. The lowest BCUT2D eigenvalue weighted by atomic mass is 10.2. The zero-order chi connectivity index (χ0) is 13.2. The molecule has 0 aliphatic rings. The first-order valence-corrected chi connectivity index (χ1v) is 6.28. The van der Waals surface area contributed by atoms with Crippen molar-refractivity contribution in [1.82, 2.24) is 5.32 Å². The maximum Gasteiger partial charge on any atom is 0.137 e. The maximum absolute atomic E-state index is 9.70. The second-order valence-corrected chi connectivity index (χ2v) is 4.13. The molecular weight excluding hydrogens is 264 g/mol. The predicted molar refractivity (Wildman–Crippen MR) is 77.7 cm³/mol. The molecule has 0 aliphatic carbocycles. The number of unbranched alkanes of at least 4 members (excludes halogenated alkanes) is 1. The molecule has 1 unspecified atom stereocenters. The van der Waals surface area contributed by atoms with Crippen molar-refractivity contribution in [3.8, 4) is 11.8 Å². The molecule has 0 fully saturated rings. The average Bonchev–Trinajstić information content (AvgIpc) is 2.41. The van der Waals surface area contributed by atoms with Gasteiger partial charge in [0.05, 0.1) is 5.56 Å². The lowest BCUT2D eigenvalue weighted by Crippen LogP contribution is -2.32. The van der Waals surface area contributed by atoms with Crippen LogP contribution in [0.5, 0.6) is 5.75 Å². The zero-order valence-corrected chi connectivity index (χ0v) is 11.9. The number of rotatable bonds is 8. The summed E-state index contributed by atoms with van der Waals surface area (Å²) in [6, 6.07) is 9.08. The normalized spacial score (nSPS) is 11.2. The second-order valence-electron chi connectivity index (χ2n) is 4.13. The summed E-state index contributed by atoms with van der Waals surface area (Å²) in [5, 5.41) is 21.7. The standard InChI is InChI=1S/C14H20N2O2.ClH/c1-2-3-8-16-10-13(17)11-18-14-7-5-4-6-12(14)9-15;/h4-7,13,16-17H,2-3,8,10-11H2,1H3;1H. The van der Waals surface area contributed by atoms with E-state index < -0.39 is 6.10 Å². The molecule has 0 saturated heterocycles.